The second kappa shape index (κ2) is 5.67. The van der Waals surface area contributed by atoms with Crippen LogP contribution in [0.2, 0.25) is 0 Å². The predicted octanol–water partition coefficient (Wildman–Crippen LogP) is 4.74. The zero-order chi connectivity index (χ0) is 15.8. The van der Waals surface area contributed by atoms with Crippen LogP contribution in [-0.4, -0.2) is 17.7 Å². The quantitative estimate of drug-likeness (QED) is 0.658. The van der Waals surface area contributed by atoms with Crippen LogP contribution in [0.1, 0.15) is 52.7 Å². The van der Waals surface area contributed by atoms with Crippen LogP contribution in [0.5, 0.6) is 0 Å². The van der Waals surface area contributed by atoms with Crippen LogP contribution < -0.4 is 4.24 Å². The third-order valence-corrected chi connectivity index (χ3v) is 4.00. The van der Waals surface area contributed by atoms with Crippen LogP contribution in [0.15, 0.2) is 42.5 Å². The van der Waals surface area contributed by atoms with Crippen LogP contribution in [0.25, 0.3) is 11.1 Å². The van der Waals surface area contributed by atoms with E-state index in [0.29, 0.717) is 0 Å². The summed E-state index contributed by atoms with van der Waals surface area (Å²) in [5, 5.41) is 0. The van der Waals surface area contributed by atoms with Crippen molar-refractivity contribution in [2.75, 3.05) is 0 Å². The maximum absolute atomic E-state index is 2.32. The third kappa shape index (κ3) is 3.45. The summed E-state index contributed by atoms with van der Waals surface area (Å²) in [5.74, 6) is 0. The molecule has 0 aliphatic rings. The zero-order valence-corrected chi connectivity index (χ0v) is 14.5. The van der Waals surface area contributed by atoms with Crippen LogP contribution in [-0.2, 0) is 10.8 Å². The molecular formula is C20H25Li. The summed E-state index contributed by atoms with van der Waals surface area (Å²) < 4.78 is 1.40. The first kappa shape index (κ1) is 16.4. The molecule has 0 aliphatic heterocycles. The van der Waals surface area contributed by atoms with Gasteiger partial charge in [-0.3, -0.25) is 0 Å². The Hall–Kier alpha value is -0.963. The van der Waals surface area contributed by atoms with Crippen LogP contribution in [0.4, 0.5) is 0 Å². The van der Waals surface area contributed by atoms with E-state index in [-0.39, 0.29) is 10.8 Å². The van der Waals surface area contributed by atoms with Gasteiger partial charge in [-0.1, -0.05) is 0 Å². The van der Waals surface area contributed by atoms with Gasteiger partial charge in [-0.05, 0) is 0 Å². The van der Waals surface area contributed by atoms with E-state index in [1.165, 1.54) is 26.5 Å². The minimum absolute atomic E-state index is 0.125. The first-order valence-corrected chi connectivity index (χ1v) is 7.82. The standard InChI is InChI=1S/C20H25.Li/c1-19(2,3)17-14-10-13-16(18(17)20(4,5)6)15-11-8-7-9-12-15;/h7-13H,1-6H3;. The summed E-state index contributed by atoms with van der Waals surface area (Å²) in [5.41, 5.74) is 5.95. The van der Waals surface area contributed by atoms with E-state index in [2.05, 4.69) is 102 Å². The van der Waals surface area contributed by atoms with Crippen molar-refractivity contribution in [1.29, 1.82) is 0 Å². The first-order valence-electron chi connectivity index (χ1n) is 7.82. The van der Waals surface area contributed by atoms with Gasteiger partial charge in [-0.2, -0.15) is 0 Å². The molecular weight excluding hydrogens is 247 g/mol. The molecule has 21 heavy (non-hydrogen) atoms. The van der Waals surface area contributed by atoms with E-state index in [0.717, 1.165) is 0 Å². The molecule has 2 rings (SSSR count). The Morgan fingerprint density at radius 2 is 1.19 bits per heavy atom. The Balaban J connectivity index is 2.85. The summed E-state index contributed by atoms with van der Waals surface area (Å²) in [4.78, 5) is 0. The van der Waals surface area contributed by atoms with Crippen molar-refractivity contribution < 1.29 is 0 Å². The summed E-state index contributed by atoms with van der Waals surface area (Å²) in [6.07, 6.45) is 0. The molecule has 0 unspecified atom stereocenters. The Bertz CT molecular complexity index is 625. The molecule has 0 saturated carbocycles. The molecule has 2 aromatic carbocycles. The topological polar surface area (TPSA) is 0 Å². The van der Waals surface area contributed by atoms with Crippen molar-refractivity contribution in [3.63, 3.8) is 0 Å². The van der Waals surface area contributed by atoms with Crippen molar-refractivity contribution in [3.8, 4) is 11.1 Å². The fraction of sp³-hybridized carbons (Fsp3) is 0.400. The van der Waals surface area contributed by atoms with Gasteiger partial charge >= 0.3 is 139 Å². The molecule has 0 aromatic heterocycles. The van der Waals surface area contributed by atoms with Gasteiger partial charge < -0.3 is 0 Å². The number of hydrogen-bond donors (Lipinski definition) is 0. The molecule has 0 aliphatic carbocycles. The van der Waals surface area contributed by atoms with E-state index in [1.807, 2.05) is 0 Å². The first-order chi connectivity index (χ1) is 9.62. The molecule has 106 valence electrons. The fourth-order valence-corrected chi connectivity index (χ4v) is 3.31. The second-order valence-corrected chi connectivity index (χ2v) is 8.05. The zero-order valence-electron chi connectivity index (χ0n) is 14.5. The fourth-order valence-electron chi connectivity index (χ4n) is 3.31. The van der Waals surface area contributed by atoms with Gasteiger partial charge in [0, 0.05) is 0 Å². The Morgan fingerprint density at radius 1 is 0.667 bits per heavy atom. The summed E-state index contributed by atoms with van der Waals surface area (Å²) in [6, 6.07) is 15.3. The van der Waals surface area contributed by atoms with Gasteiger partial charge in [0.25, 0.3) is 0 Å². The van der Waals surface area contributed by atoms with Crippen LogP contribution in [0, 0.1) is 0 Å². The molecule has 0 radical (unpaired) electrons. The monoisotopic (exact) mass is 272 g/mol. The molecule has 0 fully saturated rings. The molecule has 0 bridgehead atoms. The SMILES string of the molecule is [Li][c]1ccc(-c2ccccc2)c(C(C)(C)C)c1C(C)(C)C. The second-order valence-electron chi connectivity index (χ2n) is 8.05. The number of benzene rings is 2. The third-order valence-electron chi connectivity index (χ3n) is 4.00. The van der Waals surface area contributed by atoms with E-state index in [4.69, 9.17) is 0 Å². The van der Waals surface area contributed by atoms with Gasteiger partial charge in [0.2, 0.25) is 0 Å². The van der Waals surface area contributed by atoms with Crippen molar-refractivity contribution in [3.05, 3.63) is 53.6 Å². The average molecular weight is 272 g/mol. The van der Waals surface area contributed by atoms with Gasteiger partial charge in [-0.25, -0.2) is 0 Å². The molecule has 2 aromatic rings. The molecule has 0 atom stereocenters. The molecule has 0 heterocycles. The van der Waals surface area contributed by atoms with Gasteiger partial charge in [0.1, 0.15) is 0 Å². The molecule has 0 amide bonds. The molecule has 0 saturated heterocycles. The van der Waals surface area contributed by atoms with E-state index in [9.17, 15) is 0 Å². The molecule has 0 N–H and O–H groups in total. The van der Waals surface area contributed by atoms with Gasteiger partial charge in [0.15, 0.2) is 0 Å². The Labute approximate surface area is 139 Å². The summed E-state index contributed by atoms with van der Waals surface area (Å²) >= 11 is 2.24. The van der Waals surface area contributed by atoms with E-state index >= 15 is 0 Å². The number of rotatable bonds is 1. The number of hydrogen-bond acceptors (Lipinski definition) is 0. The van der Waals surface area contributed by atoms with Crippen molar-refractivity contribution in [2.45, 2.75) is 52.4 Å². The average Bonchev–Trinajstić information content (AvgIpc) is 2.37. The normalized spacial score (nSPS) is 12.6. The predicted molar refractivity (Wildman–Crippen MR) is 94.7 cm³/mol. The van der Waals surface area contributed by atoms with Gasteiger partial charge in [0.05, 0.1) is 0 Å². The van der Waals surface area contributed by atoms with Gasteiger partial charge in [-0.15, -0.1) is 0 Å². The van der Waals surface area contributed by atoms with Crippen LogP contribution >= 0.6 is 0 Å². The summed E-state index contributed by atoms with van der Waals surface area (Å²) in [7, 11) is 0. The van der Waals surface area contributed by atoms with E-state index in [1.54, 1.807) is 0 Å². The van der Waals surface area contributed by atoms with Crippen LogP contribution in [0.3, 0.4) is 0 Å². The van der Waals surface area contributed by atoms with E-state index < -0.39 is 0 Å². The summed E-state index contributed by atoms with van der Waals surface area (Å²) in [6.45, 7) is 13.9. The van der Waals surface area contributed by atoms with Crippen molar-refractivity contribution >= 4 is 22.0 Å². The minimum atomic E-state index is 0.125. The molecule has 0 nitrogen and oxygen atoms in total. The molecule has 0 spiro atoms. The Kier molecular flexibility index (Phi) is 4.43. The van der Waals surface area contributed by atoms with Crippen molar-refractivity contribution in [2.24, 2.45) is 0 Å². The molecule has 1 heteroatoms. The maximum atomic E-state index is 2.32. The van der Waals surface area contributed by atoms with Crippen molar-refractivity contribution in [1.82, 2.24) is 0 Å². The Morgan fingerprint density at radius 3 is 1.67 bits per heavy atom.